The second-order valence-electron chi connectivity index (χ2n) is 7.49. The van der Waals surface area contributed by atoms with Crippen LogP contribution in [0.15, 0.2) is 78.9 Å². The zero-order valence-corrected chi connectivity index (χ0v) is 16.8. The number of rotatable bonds is 5. The molecule has 30 heavy (non-hydrogen) atoms. The average Bonchev–Trinajstić information content (AvgIpc) is 2.99. The summed E-state index contributed by atoms with van der Waals surface area (Å²) in [5.74, 6) is -1.04. The lowest BCUT2D eigenvalue weighted by atomic mass is 9.85. The summed E-state index contributed by atoms with van der Waals surface area (Å²) in [7, 11) is 1.44. The molecule has 3 aromatic carbocycles. The largest absolute Gasteiger partial charge is 0.349 e. The number of carbonyl (C=O) groups is 3. The molecule has 4 rings (SSSR count). The lowest BCUT2D eigenvalue weighted by Gasteiger charge is -2.26. The Balaban J connectivity index is 1.61. The van der Waals surface area contributed by atoms with Gasteiger partial charge in [0, 0.05) is 24.6 Å². The smallest absolute Gasteiger partial charge is 0.261 e. The first kappa shape index (κ1) is 19.6. The van der Waals surface area contributed by atoms with Gasteiger partial charge in [0.2, 0.25) is 0 Å². The van der Waals surface area contributed by atoms with Crippen molar-refractivity contribution in [2.45, 2.75) is 18.9 Å². The molecule has 1 unspecified atom stereocenters. The van der Waals surface area contributed by atoms with Crippen molar-refractivity contribution in [1.29, 1.82) is 0 Å². The van der Waals surface area contributed by atoms with Gasteiger partial charge >= 0.3 is 0 Å². The highest BCUT2D eigenvalue weighted by Crippen LogP contribution is 2.28. The molecule has 3 aromatic rings. The molecule has 0 saturated heterocycles. The topological polar surface area (TPSA) is 66.5 Å². The molecule has 1 heterocycles. The normalized spacial score (nSPS) is 14.0. The summed E-state index contributed by atoms with van der Waals surface area (Å²) < 4.78 is 0. The van der Waals surface area contributed by atoms with Crippen LogP contribution in [0.4, 0.5) is 0 Å². The van der Waals surface area contributed by atoms with Gasteiger partial charge in [-0.3, -0.25) is 19.3 Å². The molecule has 0 radical (unpaired) electrons. The van der Waals surface area contributed by atoms with Crippen LogP contribution in [-0.2, 0) is 0 Å². The Morgan fingerprint density at radius 1 is 0.800 bits per heavy atom. The fourth-order valence-corrected chi connectivity index (χ4v) is 3.97. The Hall–Kier alpha value is -3.73. The third-order valence-corrected chi connectivity index (χ3v) is 5.53. The summed E-state index contributed by atoms with van der Waals surface area (Å²) in [5, 5.41) is 3.07. The van der Waals surface area contributed by atoms with Gasteiger partial charge in [0.05, 0.1) is 11.1 Å². The van der Waals surface area contributed by atoms with E-state index in [2.05, 4.69) is 29.6 Å². The maximum absolute atomic E-state index is 13.0. The SMILES string of the molecule is CC(NC(=O)c1ccc2c(c1)C(=O)N(C)C2=O)C(c1ccccc1)c1ccccc1. The molecule has 1 atom stereocenters. The summed E-state index contributed by atoms with van der Waals surface area (Å²) in [6, 6.07) is 24.5. The number of nitrogens with zero attached hydrogens (tertiary/aromatic N) is 1. The second kappa shape index (κ2) is 7.95. The number of hydrogen-bond acceptors (Lipinski definition) is 3. The van der Waals surface area contributed by atoms with Gasteiger partial charge in [-0.05, 0) is 36.2 Å². The zero-order chi connectivity index (χ0) is 21.3. The molecule has 150 valence electrons. The number of carbonyl (C=O) groups excluding carboxylic acids is 3. The quantitative estimate of drug-likeness (QED) is 0.664. The standard InChI is InChI=1S/C25H22N2O3/c1-16(22(17-9-5-3-6-10-17)18-11-7-4-8-12-18)26-23(28)19-13-14-20-21(15-19)25(30)27(2)24(20)29/h3-16,22H,1-2H3,(H,26,28). The summed E-state index contributed by atoms with van der Waals surface area (Å²) in [4.78, 5) is 38.4. The third kappa shape index (κ3) is 3.50. The number of benzene rings is 3. The molecular formula is C25H22N2O3. The number of fused-ring (bicyclic) bond motifs is 1. The Morgan fingerprint density at radius 3 is 1.90 bits per heavy atom. The molecule has 5 nitrogen and oxygen atoms in total. The van der Waals surface area contributed by atoms with Crippen LogP contribution in [0.2, 0.25) is 0 Å². The van der Waals surface area contributed by atoms with Crippen molar-refractivity contribution in [2.75, 3.05) is 7.05 Å². The van der Waals surface area contributed by atoms with Gasteiger partial charge in [-0.15, -0.1) is 0 Å². The van der Waals surface area contributed by atoms with E-state index >= 15 is 0 Å². The van der Waals surface area contributed by atoms with Gasteiger partial charge in [0.25, 0.3) is 17.7 Å². The van der Waals surface area contributed by atoms with Gasteiger partial charge in [-0.1, -0.05) is 60.7 Å². The van der Waals surface area contributed by atoms with Gasteiger partial charge < -0.3 is 5.32 Å². The summed E-state index contributed by atoms with van der Waals surface area (Å²) in [6.45, 7) is 1.97. The zero-order valence-electron chi connectivity index (χ0n) is 16.8. The molecular weight excluding hydrogens is 376 g/mol. The maximum Gasteiger partial charge on any atom is 0.261 e. The van der Waals surface area contributed by atoms with Crippen molar-refractivity contribution in [3.05, 3.63) is 107 Å². The Morgan fingerprint density at radius 2 is 1.33 bits per heavy atom. The van der Waals surface area contributed by atoms with Crippen molar-refractivity contribution in [1.82, 2.24) is 10.2 Å². The van der Waals surface area contributed by atoms with E-state index in [1.54, 1.807) is 12.1 Å². The van der Waals surface area contributed by atoms with E-state index < -0.39 is 0 Å². The van der Waals surface area contributed by atoms with Crippen LogP contribution in [0.5, 0.6) is 0 Å². The molecule has 3 amide bonds. The molecule has 0 spiro atoms. The number of amides is 3. The van der Waals surface area contributed by atoms with Gasteiger partial charge in [-0.25, -0.2) is 0 Å². The van der Waals surface area contributed by atoms with E-state index in [-0.39, 0.29) is 35.2 Å². The number of imide groups is 1. The minimum atomic E-state index is -0.385. The fourth-order valence-electron chi connectivity index (χ4n) is 3.97. The van der Waals surface area contributed by atoms with E-state index in [1.807, 2.05) is 43.3 Å². The van der Waals surface area contributed by atoms with Crippen LogP contribution in [-0.4, -0.2) is 35.7 Å². The second-order valence-corrected chi connectivity index (χ2v) is 7.49. The summed E-state index contributed by atoms with van der Waals surface area (Å²) in [6.07, 6.45) is 0. The van der Waals surface area contributed by atoms with Crippen molar-refractivity contribution >= 4 is 17.7 Å². The number of hydrogen-bond donors (Lipinski definition) is 1. The van der Waals surface area contributed by atoms with E-state index in [0.29, 0.717) is 11.1 Å². The van der Waals surface area contributed by atoms with Crippen molar-refractivity contribution in [3.63, 3.8) is 0 Å². The highest BCUT2D eigenvalue weighted by Gasteiger charge is 2.33. The first-order valence-electron chi connectivity index (χ1n) is 9.84. The number of nitrogens with one attached hydrogen (secondary N) is 1. The van der Waals surface area contributed by atoms with Crippen molar-refractivity contribution in [2.24, 2.45) is 0 Å². The minimum absolute atomic E-state index is 0.0277. The van der Waals surface area contributed by atoms with E-state index in [0.717, 1.165) is 16.0 Å². The third-order valence-electron chi connectivity index (χ3n) is 5.53. The molecule has 0 aromatic heterocycles. The molecule has 0 saturated carbocycles. The van der Waals surface area contributed by atoms with Crippen molar-refractivity contribution < 1.29 is 14.4 Å². The van der Waals surface area contributed by atoms with E-state index in [4.69, 9.17) is 0 Å². The lowest BCUT2D eigenvalue weighted by molar-refractivity contribution is 0.0693. The summed E-state index contributed by atoms with van der Waals surface area (Å²) in [5.41, 5.74) is 3.17. The first-order valence-corrected chi connectivity index (χ1v) is 9.84. The van der Waals surface area contributed by atoms with Crippen LogP contribution in [0, 0.1) is 0 Å². The predicted molar refractivity (Wildman–Crippen MR) is 115 cm³/mol. The Bertz CT molecular complexity index is 1070. The fraction of sp³-hybridized carbons (Fsp3) is 0.160. The van der Waals surface area contributed by atoms with Gasteiger partial charge in [0.15, 0.2) is 0 Å². The monoisotopic (exact) mass is 398 g/mol. The van der Waals surface area contributed by atoms with Gasteiger partial charge in [-0.2, -0.15) is 0 Å². The molecule has 5 heteroatoms. The maximum atomic E-state index is 13.0. The first-order chi connectivity index (χ1) is 14.5. The molecule has 1 aliphatic heterocycles. The van der Waals surface area contributed by atoms with Crippen molar-refractivity contribution in [3.8, 4) is 0 Å². The predicted octanol–water partition coefficient (Wildman–Crippen LogP) is 3.86. The highest BCUT2D eigenvalue weighted by atomic mass is 16.2. The lowest BCUT2D eigenvalue weighted by Crippen LogP contribution is -2.37. The molecule has 0 aliphatic carbocycles. The molecule has 1 N–H and O–H groups in total. The molecule has 1 aliphatic rings. The van der Waals surface area contributed by atoms with Crippen LogP contribution in [0.25, 0.3) is 0 Å². The Kier molecular flexibility index (Phi) is 5.19. The summed E-state index contributed by atoms with van der Waals surface area (Å²) >= 11 is 0. The van der Waals surface area contributed by atoms with Crippen LogP contribution < -0.4 is 5.32 Å². The minimum Gasteiger partial charge on any atom is -0.349 e. The van der Waals surface area contributed by atoms with Crippen LogP contribution in [0.3, 0.4) is 0 Å². The Labute approximate surface area is 175 Å². The average molecular weight is 398 g/mol. The van der Waals surface area contributed by atoms with Crippen LogP contribution in [0.1, 0.15) is 55.0 Å². The molecule has 0 fully saturated rings. The molecule has 0 bridgehead atoms. The van der Waals surface area contributed by atoms with Gasteiger partial charge in [0.1, 0.15) is 0 Å². The van der Waals surface area contributed by atoms with Crippen LogP contribution >= 0.6 is 0 Å². The highest BCUT2D eigenvalue weighted by molar-refractivity contribution is 6.21. The van der Waals surface area contributed by atoms with E-state index in [1.165, 1.54) is 13.1 Å². The van der Waals surface area contributed by atoms with E-state index in [9.17, 15) is 14.4 Å².